The number of para-hydroxylation sites is 1. The van der Waals surface area contributed by atoms with Crippen LogP contribution in [0.3, 0.4) is 0 Å². The van der Waals surface area contributed by atoms with Gasteiger partial charge in [-0.05, 0) is 117 Å². The normalized spacial score (nSPS) is 17.2. The summed E-state index contributed by atoms with van der Waals surface area (Å²) in [7, 11) is 0. The van der Waals surface area contributed by atoms with Crippen LogP contribution >= 0.6 is 20.7 Å². The van der Waals surface area contributed by atoms with Crippen LogP contribution in [0.4, 0.5) is 5.69 Å². The number of fused-ring (bicyclic) bond motifs is 3. The Morgan fingerprint density at radius 1 is 0.613 bits per heavy atom. The number of allylic oxidation sites excluding steroid dienone is 7. The average Bonchev–Trinajstić information content (AvgIpc) is 3.70. The summed E-state index contributed by atoms with van der Waals surface area (Å²) in [6.07, 6.45) is 19.5. The van der Waals surface area contributed by atoms with E-state index in [2.05, 4.69) is 237 Å². The molecule has 300 valence electrons. The standard InChI is InChI=1S/C58H46IN3/c1-5-15-41(16-6-1)42-24-29-48(30-25-42)61(50-33-36-54(59-40-50)55-23-13-14-38-60-55)49-31-26-43(27-32-49)46-28-37-56-53(39-46)57-51(44-17-7-2-8-18-44)34-35-52(45-19-9-3-10-20-45)58(57)62(56)47-21-11-4-12-22-47/h1-12,14-22,24,26-40,42,55,60H,13,23,25H2. The Morgan fingerprint density at radius 3 is 1.95 bits per heavy atom. The number of nitrogens with zero attached hydrogens (tertiary/aromatic N) is 2. The minimum Gasteiger partial charge on any atom is -0.384 e. The molecule has 0 saturated heterocycles. The first-order chi connectivity index (χ1) is 30.8. The van der Waals surface area contributed by atoms with E-state index < -0.39 is 0 Å². The van der Waals surface area contributed by atoms with Gasteiger partial charge in [0.2, 0.25) is 0 Å². The minimum absolute atomic E-state index is 0.263. The quantitative estimate of drug-likeness (QED) is 0.146. The molecule has 2 unspecified atom stereocenters. The van der Waals surface area contributed by atoms with E-state index in [-0.39, 0.29) is 20.7 Å². The van der Waals surface area contributed by atoms with Gasteiger partial charge in [0.25, 0.3) is 0 Å². The number of halogens is 1. The molecular weight excluding hydrogens is 866 g/mol. The molecule has 11 rings (SSSR count). The Bertz CT molecular complexity index is 3100. The molecule has 2 aliphatic heterocycles. The second kappa shape index (κ2) is 16.9. The van der Waals surface area contributed by atoms with Gasteiger partial charge in [-0.3, -0.25) is 0 Å². The molecule has 2 atom stereocenters. The third-order valence-corrected chi connectivity index (χ3v) is 15.2. The first-order valence-electron chi connectivity index (χ1n) is 21.7. The summed E-state index contributed by atoms with van der Waals surface area (Å²) in [6, 6.07) is 64.8. The van der Waals surface area contributed by atoms with Gasteiger partial charge < -0.3 is 14.8 Å². The molecule has 0 amide bonds. The van der Waals surface area contributed by atoms with Gasteiger partial charge in [0.15, 0.2) is 0 Å². The summed E-state index contributed by atoms with van der Waals surface area (Å²) in [5.41, 5.74) is 15.9. The van der Waals surface area contributed by atoms with Crippen molar-refractivity contribution in [3.63, 3.8) is 0 Å². The smallest absolute Gasteiger partial charge is 0.0625 e. The number of benzene rings is 7. The number of nitrogens with one attached hydrogen (secondary N) is 1. The fourth-order valence-corrected chi connectivity index (χ4v) is 11.8. The fourth-order valence-electron chi connectivity index (χ4n) is 9.36. The van der Waals surface area contributed by atoms with E-state index in [1.165, 1.54) is 84.3 Å². The lowest BCUT2D eigenvalue weighted by molar-refractivity contribution is 0.614. The van der Waals surface area contributed by atoms with Crippen LogP contribution in [0.5, 0.6) is 0 Å². The Kier molecular flexibility index (Phi) is 10.4. The maximum atomic E-state index is 3.61. The van der Waals surface area contributed by atoms with Crippen LogP contribution in [-0.2, 0) is 0 Å². The van der Waals surface area contributed by atoms with Crippen molar-refractivity contribution >= 4 is 52.2 Å². The molecule has 0 bridgehead atoms. The third kappa shape index (κ3) is 7.28. The lowest BCUT2D eigenvalue weighted by Crippen LogP contribution is -2.28. The van der Waals surface area contributed by atoms with Gasteiger partial charge in [0, 0.05) is 42.9 Å². The number of hydrogen-bond acceptors (Lipinski definition) is 2. The zero-order chi connectivity index (χ0) is 41.2. The van der Waals surface area contributed by atoms with Crippen molar-refractivity contribution in [3.8, 4) is 39.1 Å². The molecule has 3 nitrogen and oxygen atoms in total. The summed E-state index contributed by atoms with van der Waals surface area (Å²) >= 11 is -0.263. The topological polar surface area (TPSA) is 20.2 Å². The molecule has 0 radical (unpaired) electrons. The van der Waals surface area contributed by atoms with Crippen LogP contribution in [0.2, 0.25) is 0 Å². The van der Waals surface area contributed by atoms with Crippen molar-refractivity contribution in [1.29, 1.82) is 0 Å². The number of anilines is 1. The van der Waals surface area contributed by atoms with Crippen molar-refractivity contribution in [2.75, 3.05) is 4.90 Å². The largest absolute Gasteiger partial charge is 0.384 e. The Balaban J connectivity index is 1.02. The van der Waals surface area contributed by atoms with Gasteiger partial charge in [0.1, 0.15) is 0 Å². The van der Waals surface area contributed by atoms with Gasteiger partial charge in [-0.25, -0.2) is 0 Å². The molecule has 1 N–H and O–H groups in total. The fraction of sp³-hybridized carbons (Fsp3) is 0.0862. The maximum absolute atomic E-state index is 3.61. The molecule has 1 aliphatic carbocycles. The molecule has 3 heterocycles. The van der Waals surface area contributed by atoms with Crippen LogP contribution in [0, 0.1) is 0 Å². The second-order valence-corrected chi connectivity index (χ2v) is 18.7. The third-order valence-electron chi connectivity index (χ3n) is 12.5. The SMILES string of the molecule is C1=CNC(C2=CC=C(N(C3=CCC(c4ccccc4)C=C3)c3ccc(-c4ccc5c(c4)c4c(-c6ccccc6)ccc(-c6ccccc6)c4n5-c4ccccc4)cc3)C=I2)CC1. The van der Waals surface area contributed by atoms with Crippen molar-refractivity contribution in [3.05, 3.63) is 239 Å². The Labute approximate surface area is 374 Å². The van der Waals surface area contributed by atoms with Gasteiger partial charge >= 0.3 is 0 Å². The molecule has 0 spiro atoms. The van der Waals surface area contributed by atoms with Crippen molar-refractivity contribution in [1.82, 2.24) is 9.88 Å². The summed E-state index contributed by atoms with van der Waals surface area (Å²) in [5.74, 6) is 0.381. The summed E-state index contributed by atoms with van der Waals surface area (Å²) in [6.45, 7) is 0. The predicted octanol–water partition coefficient (Wildman–Crippen LogP) is 15.0. The first-order valence-corrected chi connectivity index (χ1v) is 24.0. The van der Waals surface area contributed by atoms with Crippen LogP contribution in [0.1, 0.15) is 30.7 Å². The molecule has 0 fully saturated rings. The second-order valence-electron chi connectivity index (χ2n) is 16.2. The highest BCUT2D eigenvalue weighted by atomic mass is 127. The van der Waals surface area contributed by atoms with E-state index in [0.29, 0.717) is 12.0 Å². The maximum Gasteiger partial charge on any atom is 0.0625 e. The molecule has 3 aliphatic rings. The Hall–Kier alpha value is -6.76. The highest BCUT2D eigenvalue weighted by Gasteiger charge is 2.23. The van der Waals surface area contributed by atoms with Gasteiger partial charge in [-0.1, -0.05) is 178 Å². The number of rotatable bonds is 9. The molecule has 8 aromatic rings. The molecule has 7 aromatic carbocycles. The van der Waals surface area contributed by atoms with Gasteiger partial charge in [-0.2, -0.15) is 0 Å². The Morgan fingerprint density at radius 2 is 1.29 bits per heavy atom. The van der Waals surface area contributed by atoms with E-state index in [1.807, 2.05) is 0 Å². The molecule has 4 heteroatoms. The zero-order valence-corrected chi connectivity index (χ0v) is 36.6. The van der Waals surface area contributed by atoms with Crippen LogP contribution in [0.15, 0.2) is 234 Å². The van der Waals surface area contributed by atoms with E-state index >= 15 is 0 Å². The zero-order valence-electron chi connectivity index (χ0n) is 34.4. The number of aromatic nitrogens is 1. The van der Waals surface area contributed by atoms with Crippen molar-refractivity contribution in [2.45, 2.75) is 31.2 Å². The van der Waals surface area contributed by atoms with E-state index in [4.69, 9.17) is 0 Å². The first kappa shape index (κ1) is 38.2. The van der Waals surface area contributed by atoms with Gasteiger partial charge in [-0.15, -0.1) is 0 Å². The highest BCUT2D eigenvalue weighted by molar-refractivity contribution is 14.2. The average molecular weight is 912 g/mol. The lowest BCUT2D eigenvalue weighted by atomic mass is 9.91. The summed E-state index contributed by atoms with van der Waals surface area (Å²) < 4.78 is 6.54. The lowest BCUT2D eigenvalue weighted by Gasteiger charge is -2.31. The van der Waals surface area contributed by atoms with E-state index in [1.54, 1.807) is 3.58 Å². The van der Waals surface area contributed by atoms with Crippen LogP contribution in [0.25, 0.3) is 60.9 Å². The summed E-state index contributed by atoms with van der Waals surface area (Å²) in [4.78, 5) is 2.47. The molecule has 0 saturated carbocycles. The molecule has 62 heavy (non-hydrogen) atoms. The van der Waals surface area contributed by atoms with Crippen molar-refractivity contribution in [2.24, 2.45) is 0 Å². The van der Waals surface area contributed by atoms with E-state index in [0.717, 1.165) is 18.5 Å². The minimum atomic E-state index is -0.263. The molecule has 1 aromatic heterocycles. The molecular formula is C58H46IN3. The highest BCUT2D eigenvalue weighted by Crippen LogP contribution is 2.45. The van der Waals surface area contributed by atoms with Crippen molar-refractivity contribution < 1.29 is 0 Å². The van der Waals surface area contributed by atoms with E-state index in [9.17, 15) is 0 Å². The van der Waals surface area contributed by atoms with Crippen LogP contribution < -0.4 is 10.2 Å². The number of hydrogen-bond donors (Lipinski definition) is 1. The summed E-state index contributed by atoms with van der Waals surface area (Å²) in [5, 5.41) is 6.12. The van der Waals surface area contributed by atoms with Gasteiger partial charge in [0.05, 0.1) is 22.8 Å². The van der Waals surface area contributed by atoms with Crippen LogP contribution in [-0.4, -0.2) is 14.6 Å². The monoisotopic (exact) mass is 911 g/mol. The predicted molar refractivity (Wildman–Crippen MR) is 272 cm³/mol.